The Hall–Kier alpha value is -3.72. The van der Waals surface area contributed by atoms with Gasteiger partial charge in [0, 0.05) is 31.5 Å². The Morgan fingerprint density at radius 2 is 1.83 bits per heavy atom. The van der Waals surface area contributed by atoms with E-state index in [0.717, 1.165) is 15.7 Å². The van der Waals surface area contributed by atoms with Gasteiger partial charge in [-0.1, -0.05) is 29.8 Å². The van der Waals surface area contributed by atoms with Crippen LogP contribution in [-0.4, -0.2) is 29.9 Å². The molecule has 0 fully saturated rings. The van der Waals surface area contributed by atoms with E-state index in [1.165, 1.54) is 11.6 Å². The Morgan fingerprint density at radius 1 is 1.10 bits per heavy atom. The van der Waals surface area contributed by atoms with Gasteiger partial charge in [-0.3, -0.25) is 23.5 Å². The van der Waals surface area contributed by atoms with Gasteiger partial charge in [-0.25, -0.2) is 10.2 Å². The molecule has 0 atom stereocenters. The number of hydrogen-bond donors (Lipinski definition) is 1. The van der Waals surface area contributed by atoms with Crippen molar-refractivity contribution < 1.29 is 0 Å². The summed E-state index contributed by atoms with van der Waals surface area (Å²) in [5, 5.41) is 4.78. The number of nitrogens with zero attached hydrogens (tertiary/aromatic N) is 6. The number of rotatable bonds is 5. The number of anilines is 1. The molecule has 0 saturated heterocycles. The highest BCUT2D eigenvalue weighted by atomic mass is 35.5. The van der Waals surface area contributed by atoms with Crippen LogP contribution in [0.4, 0.5) is 5.95 Å². The van der Waals surface area contributed by atoms with Gasteiger partial charge in [0.25, 0.3) is 5.56 Å². The van der Waals surface area contributed by atoms with E-state index in [-0.39, 0.29) is 17.7 Å². The largest absolute Gasteiger partial charge is 0.332 e. The first kappa shape index (κ1) is 19.6. The lowest BCUT2D eigenvalue weighted by molar-refractivity contribution is 0.702. The average molecular weight is 424 g/mol. The summed E-state index contributed by atoms with van der Waals surface area (Å²) in [6.07, 6.45) is 4.93. The van der Waals surface area contributed by atoms with Crippen LogP contribution in [-0.2, 0) is 20.6 Å². The zero-order valence-corrected chi connectivity index (χ0v) is 17.0. The van der Waals surface area contributed by atoms with Crippen molar-refractivity contribution in [3.8, 4) is 0 Å². The molecule has 0 aliphatic carbocycles. The first-order valence-electron chi connectivity index (χ1n) is 9.06. The first-order valence-corrected chi connectivity index (χ1v) is 9.44. The highest BCUT2D eigenvalue weighted by molar-refractivity contribution is 6.31. The number of fused-ring (bicyclic) bond motifs is 1. The van der Waals surface area contributed by atoms with Crippen LogP contribution in [0.3, 0.4) is 0 Å². The van der Waals surface area contributed by atoms with E-state index >= 15 is 0 Å². The summed E-state index contributed by atoms with van der Waals surface area (Å²) in [6.45, 7) is 0.275. The standard InChI is InChI=1S/C20H18ClN7O2/c1-26-17-16(18(29)27(2)20(26)30)28(12-14-5-3-4-6-15(14)21)19(24-17)25-23-11-13-7-9-22-10-8-13/h3-11H,12H2,1-2H3,(H,24,25)/b23-11+. The van der Waals surface area contributed by atoms with Crippen LogP contribution < -0.4 is 16.7 Å². The van der Waals surface area contributed by atoms with Crippen LogP contribution in [0.25, 0.3) is 11.2 Å². The van der Waals surface area contributed by atoms with E-state index in [1.54, 1.807) is 48.4 Å². The quantitative estimate of drug-likeness (QED) is 0.391. The number of imidazole rings is 1. The highest BCUT2D eigenvalue weighted by Crippen LogP contribution is 2.22. The second-order valence-corrected chi connectivity index (χ2v) is 7.05. The fourth-order valence-corrected chi connectivity index (χ4v) is 3.29. The molecule has 4 rings (SSSR count). The summed E-state index contributed by atoms with van der Waals surface area (Å²) >= 11 is 6.33. The predicted molar refractivity (Wildman–Crippen MR) is 116 cm³/mol. The van der Waals surface area contributed by atoms with Crippen LogP contribution in [0.2, 0.25) is 5.02 Å². The summed E-state index contributed by atoms with van der Waals surface area (Å²) in [7, 11) is 3.01. The fraction of sp³-hybridized carbons (Fsp3) is 0.150. The maximum Gasteiger partial charge on any atom is 0.332 e. The molecule has 0 amide bonds. The van der Waals surface area contributed by atoms with Crippen LogP contribution >= 0.6 is 11.6 Å². The van der Waals surface area contributed by atoms with Crippen molar-refractivity contribution in [2.75, 3.05) is 5.43 Å². The van der Waals surface area contributed by atoms with E-state index in [9.17, 15) is 9.59 Å². The molecule has 3 aromatic heterocycles. The number of aromatic nitrogens is 5. The van der Waals surface area contributed by atoms with Crippen molar-refractivity contribution in [3.63, 3.8) is 0 Å². The van der Waals surface area contributed by atoms with Crippen LogP contribution in [0, 0.1) is 0 Å². The lowest BCUT2D eigenvalue weighted by Crippen LogP contribution is -2.37. The molecular formula is C20H18ClN7O2. The Kier molecular flexibility index (Phi) is 5.20. The average Bonchev–Trinajstić information content (AvgIpc) is 3.11. The number of pyridine rings is 1. The van der Waals surface area contributed by atoms with Crippen molar-refractivity contribution >= 4 is 34.9 Å². The van der Waals surface area contributed by atoms with Crippen molar-refractivity contribution in [1.29, 1.82) is 0 Å². The van der Waals surface area contributed by atoms with E-state index in [0.29, 0.717) is 11.0 Å². The molecule has 1 aromatic carbocycles. The Labute approximate surface area is 175 Å². The van der Waals surface area contributed by atoms with Gasteiger partial charge in [-0.05, 0) is 29.3 Å². The van der Waals surface area contributed by atoms with E-state index in [1.807, 2.05) is 18.2 Å². The third-order valence-electron chi connectivity index (χ3n) is 4.72. The van der Waals surface area contributed by atoms with E-state index < -0.39 is 11.2 Å². The van der Waals surface area contributed by atoms with Crippen molar-refractivity contribution in [2.24, 2.45) is 19.2 Å². The number of hydrazone groups is 1. The third-order valence-corrected chi connectivity index (χ3v) is 5.09. The molecule has 3 heterocycles. The Bertz CT molecular complexity index is 1370. The second kappa shape index (κ2) is 7.96. The van der Waals surface area contributed by atoms with Gasteiger partial charge in [-0.2, -0.15) is 10.1 Å². The van der Waals surface area contributed by atoms with E-state index in [4.69, 9.17) is 11.6 Å². The van der Waals surface area contributed by atoms with Crippen LogP contribution in [0.1, 0.15) is 11.1 Å². The molecule has 4 aromatic rings. The molecule has 0 bridgehead atoms. The topological polar surface area (TPSA) is 99.1 Å². The summed E-state index contributed by atoms with van der Waals surface area (Å²) in [5.74, 6) is 0.313. The molecule has 0 unspecified atom stereocenters. The van der Waals surface area contributed by atoms with Crippen LogP contribution in [0.5, 0.6) is 0 Å². The van der Waals surface area contributed by atoms with Crippen molar-refractivity contribution in [1.82, 2.24) is 23.7 Å². The van der Waals surface area contributed by atoms with E-state index in [2.05, 4.69) is 20.5 Å². The zero-order chi connectivity index (χ0) is 21.3. The molecular weight excluding hydrogens is 406 g/mol. The van der Waals surface area contributed by atoms with Gasteiger partial charge in [-0.15, -0.1) is 0 Å². The first-order chi connectivity index (χ1) is 14.5. The van der Waals surface area contributed by atoms with Gasteiger partial charge in [0.2, 0.25) is 5.95 Å². The SMILES string of the molecule is Cn1c(=O)c2c(nc(N/N=C/c3ccncc3)n2Cc2ccccc2Cl)n(C)c1=O. The van der Waals surface area contributed by atoms with Gasteiger partial charge < -0.3 is 0 Å². The molecule has 1 N–H and O–H groups in total. The lowest BCUT2D eigenvalue weighted by atomic mass is 10.2. The predicted octanol–water partition coefficient (Wildman–Crippen LogP) is 1.98. The van der Waals surface area contributed by atoms with Gasteiger partial charge in [0.05, 0.1) is 12.8 Å². The maximum absolute atomic E-state index is 12.9. The van der Waals surface area contributed by atoms with Crippen molar-refractivity contribution in [3.05, 3.63) is 85.8 Å². The third kappa shape index (κ3) is 3.50. The van der Waals surface area contributed by atoms with Gasteiger partial charge in [0.1, 0.15) is 0 Å². The monoisotopic (exact) mass is 423 g/mol. The Balaban J connectivity index is 1.86. The zero-order valence-electron chi connectivity index (χ0n) is 16.3. The number of benzene rings is 1. The number of nitrogens with one attached hydrogen (secondary N) is 1. The van der Waals surface area contributed by atoms with Gasteiger partial charge >= 0.3 is 5.69 Å². The highest BCUT2D eigenvalue weighted by Gasteiger charge is 2.19. The molecule has 152 valence electrons. The summed E-state index contributed by atoms with van der Waals surface area (Å²) in [6, 6.07) is 10.9. The summed E-state index contributed by atoms with van der Waals surface area (Å²) in [5.41, 5.74) is 4.16. The molecule has 9 nitrogen and oxygen atoms in total. The molecule has 0 spiro atoms. The summed E-state index contributed by atoms with van der Waals surface area (Å²) in [4.78, 5) is 33.7. The normalized spacial score (nSPS) is 11.4. The fourth-order valence-electron chi connectivity index (χ4n) is 3.10. The number of halogens is 1. The summed E-state index contributed by atoms with van der Waals surface area (Å²) < 4.78 is 4.05. The molecule has 0 aliphatic heterocycles. The van der Waals surface area contributed by atoms with Crippen LogP contribution in [0.15, 0.2) is 63.5 Å². The molecule has 0 saturated carbocycles. The molecule has 10 heteroatoms. The second-order valence-electron chi connectivity index (χ2n) is 6.64. The molecule has 0 aliphatic rings. The smallest absolute Gasteiger partial charge is 0.298 e. The molecule has 0 radical (unpaired) electrons. The Morgan fingerprint density at radius 3 is 2.57 bits per heavy atom. The minimum Gasteiger partial charge on any atom is -0.298 e. The van der Waals surface area contributed by atoms with Gasteiger partial charge in [0.15, 0.2) is 11.2 Å². The minimum absolute atomic E-state index is 0.261. The maximum atomic E-state index is 12.9. The minimum atomic E-state index is -0.457. The lowest BCUT2D eigenvalue weighted by Gasteiger charge is -2.10. The number of aryl methyl sites for hydroxylation is 1. The molecule has 30 heavy (non-hydrogen) atoms. The van der Waals surface area contributed by atoms with Crippen molar-refractivity contribution in [2.45, 2.75) is 6.54 Å². The number of hydrogen-bond acceptors (Lipinski definition) is 6.